The molecule has 2 aromatic rings. The van der Waals surface area contributed by atoms with Gasteiger partial charge >= 0.3 is 0 Å². The molecule has 3 rings (SSSR count). The first-order chi connectivity index (χ1) is 10.0. The molecule has 5 nitrogen and oxygen atoms in total. The minimum absolute atomic E-state index is 0.0907. The van der Waals surface area contributed by atoms with Crippen molar-refractivity contribution in [2.45, 2.75) is 6.42 Å². The summed E-state index contributed by atoms with van der Waals surface area (Å²) in [5, 5.41) is 9.25. The first-order valence-electron chi connectivity index (χ1n) is 6.37. The molecule has 5 heteroatoms. The molecule has 0 aliphatic heterocycles. The first kappa shape index (κ1) is 13.1. The molecule has 3 N–H and O–H groups in total. The van der Waals surface area contributed by atoms with Gasteiger partial charge < -0.3 is 10.8 Å². The van der Waals surface area contributed by atoms with Crippen molar-refractivity contribution < 1.29 is 14.7 Å². The molecule has 0 atom stereocenters. The van der Waals surface area contributed by atoms with Crippen LogP contribution in [0.1, 0.15) is 32.0 Å². The van der Waals surface area contributed by atoms with Crippen molar-refractivity contribution in [2.75, 3.05) is 0 Å². The van der Waals surface area contributed by atoms with Crippen molar-refractivity contribution >= 4 is 17.8 Å². The Hall–Kier alpha value is -2.95. The van der Waals surface area contributed by atoms with E-state index in [0.717, 1.165) is 11.1 Å². The molecule has 104 valence electrons. The normalized spacial score (nSPS) is 15.2. The van der Waals surface area contributed by atoms with Gasteiger partial charge in [-0.15, -0.1) is 0 Å². The number of aromatic nitrogens is 1. The average molecular weight is 280 g/mol. The highest BCUT2D eigenvalue weighted by atomic mass is 16.3. The number of carbonyl (C=O) groups is 2. The van der Waals surface area contributed by atoms with E-state index in [0.29, 0.717) is 17.6 Å². The average Bonchev–Trinajstić information content (AvgIpc) is 2.77. The van der Waals surface area contributed by atoms with E-state index in [1.54, 1.807) is 30.3 Å². The van der Waals surface area contributed by atoms with Gasteiger partial charge in [0.25, 0.3) is 5.91 Å². The van der Waals surface area contributed by atoms with Gasteiger partial charge in [-0.3, -0.25) is 14.6 Å². The number of nitrogens with two attached hydrogens (primary N) is 1. The predicted molar refractivity (Wildman–Crippen MR) is 76.9 cm³/mol. The molecule has 0 saturated carbocycles. The summed E-state index contributed by atoms with van der Waals surface area (Å²) >= 11 is 0. The van der Waals surface area contributed by atoms with Gasteiger partial charge in [-0.1, -0.05) is 12.1 Å². The van der Waals surface area contributed by atoms with E-state index < -0.39 is 5.91 Å². The highest BCUT2D eigenvalue weighted by molar-refractivity contribution is 6.16. The summed E-state index contributed by atoms with van der Waals surface area (Å²) in [6.45, 7) is 0. The second-order valence-electron chi connectivity index (χ2n) is 4.86. The summed E-state index contributed by atoms with van der Waals surface area (Å²) in [5.41, 5.74) is 7.98. The molecule has 1 aliphatic carbocycles. The van der Waals surface area contributed by atoms with E-state index in [2.05, 4.69) is 4.98 Å². The largest absolute Gasteiger partial charge is 0.508 e. The summed E-state index contributed by atoms with van der Waals surface area (Å²) in [4.78, 5) is 27.4. The number of pyridine rings is 1. The fourth-order valence-corrected chi connectivity index (χ4v) is 2.32. The molecule has 1 amide bonds. The minimum atomic E-state index is -0.651. The Balaban J connectivity index is 1.96. The van der Waals surface area contributed by atoms with E-state index in [4.69, 9.17) is 5.73 Å². The third-order valence-corrected chi connectivity index (χ3v) is 3.39. The zero-order chi connectivity index (χ0) is 15.0. The number of phenols is 1. The smallest absolute Gasteiger partial charge is 0.267 e. The number of ketones is 1. The number of hydrogen-bond donors (Lipinski definition) is 2. The highest BCUT2D eigenvalue weighted by Gasteiger charge is 2.26. The molecule has 0 unspecified atom stereocenters. The number of rotatable bonds is 2. The van der Waals surface area contributed by atoms with Crippen molar-refractivity contribution in [1.82, 2.24) is 4.98 Å². The molecule has 1 aromatic heterocycles. The van der Waals surface area contributed by atoms with E-state index in [1.807, 2.05) is 0 Å². The van der Waals surface area contributed by atoms with Gasteiger partial charge in [-0.25, -0.2) is 0 Å². The maximum absolute atomic E-state index is 12.3. The predicted octanol–water partition coefficient (Wildman–Crippen LogP) is 1.71. The quantitative estimate of drug-likeness (QED) is 0.819. The van der Waals surface area contributed by atoms with Gasteiger partial charge in [0.1, 0.15) is 11.4 Å². The van der Waals surface area contributed by atoms with Gasteiger partial charge in [0.15, 0.2) is 5.78 Å². The van der Waals surface area contributed by atoms with Crippen LogP contribution in [0.25, 0.3) is 6.08 Å². The van der Waals surface area contributed by atoms with Crippen LogP contribution >= 0.6 is 0 Å². The van der Waals surface area contributed by atoms with Gasteiger partial charge in [0.05, 0.1) is 0 Å². The highest BCUT2D eigenvalue weighted by Crippen LogP contribution is 2.28. The van der Waals surface area contributed by atoms with Crippen molar-refractivity contribution in [3.63, 3.8) is 0 Å². The Bertz CT molecular complexity index is 777. The minimum Gasteiger partial charge on any atom is -0.508 e. The molecule has 0 fully saturated rings. The summed E-state index contributed by atoms with van der Waals surface area (Å²) in [5.74, 6) is -0.599. The summed E-state index contributed by atoms with van der Waals surface area (Å²) in [6.07, 6.45) is 3.76. The van der Waals surface area contributed by atoms with Crippen LogP contribution in [0.2, 0.25) is 0 Å². The molecule has 1 aromatic carbocycles. The van der Waals surface area contributed by atoms with Crippen LogP contribution in [-0.4, -0.2) is 21.8 Å². The van der Waals surface area contributed by atoms with Crippen LogP contribution < -0.4 is 5.73 Å². The lowest BCUT2D eigenvalue weighted by Gasteiger charge is -1.98. The van der Waals surface area contributed by atoms with Crippen LogP contribution in [0.4, 0.5) is 0 Å². The number of phenolic OH excluding ortho intramolecular Hbond substituents is 1. The number of benzene rings is 1. The van der Waals surface area contributed by atoms with Crippen molar-refractivity contribution in [3.8, 4) is 5.75 Å². The Morgan fingerprint density at radius 2 is 2.00 bits per heavy atom. The maximum Gasteiger partial charge on any atom is 0.267 e. The topological polar surface area (TPSA) is 93.3 Å². The van der Waals surface area contributed by atoms with Crippen molar-refractivity contribution in [2.24, 2.45) is 5.73 Å². The molecule has 1 heterocycles. The third-order valence-electron chi connectivity index (χ3n) is 3.39. The van der Waals surface area contributed by atoms with E-state index in [1.165, 1.54) is 12.3 Å². The lowest BCUT2D eigenvalue weighted by molar-refractivity contribution is 0.0995. The van der Waals surface area contributed by atoms with Gasteiger partial charge in [-0.05, 0) is 35.4 Å². The standard InChI is InChI=1S/C16H12N2O3/c17-16(21)14-7-13-11(8-18-14)6-10(15(13)20)5-9-1-3-12(19)4-2-9/h1-5,7-8,19H,6H2,(H2,17,21). The summed E-state index contributed by atoms with van der Waals surface area (Å²) in [7, 11) is 0. The summed E-state index contributed by atoms with van der Waals surface area (Å²) in [6, 6.07) is 8.02. The van der Waals surface area contributed by atoms with Crippen LogP contribution in [0.3, 0.4) is 0 Å². The van der Waals surface area contributed by atoms with E-state index in [9.17, 15) is 14.7 Å². The Kier molecular flexibility index (Phi) is 3.02. The monoisotopic (exact) mass is 280 g/mol. The number of allylic oxidation sites excluding steroid dienone is 1. The number of hydrogen-bond acceptors (Lipinski definition) is 4. The molecule has 0 radical (unpaired) electrons. The van der Waals surface area contributed by atoms with Crippen LogP contribution in [0, 0.1) is 0 Å². The van der Waals surface area contributed by atoms with Gasteiger partial charge in [0.2, 0.25) is 0 Å². The second-order valence-corrected chi connectivity index (χ2v) is 4.86. The zero-order valence-corrected chi connectivity index (χ0v) is 11.0. The number of aromatic hydroxyl groups is 1. The number of carbonyl (C=O) groups excluding carboxylic acids is 2. The first-order valence-corrected chi connectivity index (χ1v) is 6.37. The van der Waals surface area contributed by atoms with E-state index in [-0.39, 0.29) is 17.2 Å². The van der Waals surface area contributed by atoms with E-state index >= 15 is 0 Å². The van der Waals surface area contributed by atoms with Gasteiger partial charge in [-0.2, -0.15) is 0 Å². The number of amides is 1. The molecule has 21 heavy (non-hydrogen) atoms. The van der Waals surface area contributed by atoms with Gasteiger partial charge in [0, 0.05) is 23.8 Å². The van der Waals surface area contributed by atoms with Crippen LogP contribution in [0.15, 0.2) is 42.1 Å². The second kappa shape index (κ2) is 4.86. The summed E-state index contributed by atoms with van der Waals surface area (Å²) < 4.78 is 0. The molecule has 0 spiro atoms. The fourth-order valence-electron chi connectivity index (χ4n) is 2.32. The maximum atomic E-state index is 12.3. The number of fused-ring (bicyclic) bond motifs is 1. The molecular formula is C16H12N2O3. The number of primary amides is 1. The lowest BCUT2D eigenvalue weighted by atomic mass is 10.1. The SMILES string of the molecule is NC(=O)c1cc2c(cn1)CC(=Cc1ccc(O)cc1)C2=O. The van der Waals surface area contributed by atoms with Crippen molar-refractivity contribution in [3.05, 3.63) is 64.5 Å². The van der Waals surface area contributed by atoms with Crippen LogP contribution in [0.5, 0.6) is 5.75 Å². The number of nitrogens with zero attached hydrogens (tertiary/aromatic N) is 1. The zero-order valence-electron chi connectivity index (χ0n) is 11.0. The lowest BCUT2D eigenvalue weighted by Crippen LogP contribution is -2.13. The Labute approximate surface area is 120 Å². The van der Waals surface area contributed by atoms with Crippen molar-refractivity contribution in [1.29, 1.82) is 0 Å². The third kappa shape index (κ3) is 2.41. The molecule has 1 aliphatic rings. The Morgan fingerprint density at radius 1 is 1.29 bits per heavy atom. The molecule has 0 bridgehead atoms. The van der Waals surface area contributed by atoms with Crippen LogP contribution in [-0.2, 0) is 6.42 Å². The fraction of sp³-hybridized carbons (Fsp3) is 0.0625. The number of Topliss-reactive ketones (excluding diaryl/α,β-unsaturated/α-hetero) is 1. The molecule has 0 saturated heterocycles. The Morgan fingerprint density at radius 3 is 2.67 bits per heavy atom. The molecular weight excluding hydrogens is 268 g/mol.